The van der Waals surface area contributed by atoms with E-state index in [2.05, 4.69) is 0 Å². The molecule has 1 fully saturated rings. The number of nitrogens with zero attached hydrogens (tertiary/aromatic N) is 2. The Morgan fingerprint density at radius 2 is 2.13 bits per heavy atom. The number of hydrogen-bond acceptors (Lipinski definition) is 3. The van der Waals surface area contributed by atoms with Crippen molar-refractivity contribution in [3.8, 4) is 0 Å². The summed E-state index contributed by atoms with van der Waals surface area (Å²) in [5.74, 6) is -0.726. The van der Waals surface area contributed by atoms with E-state index in [1.54, 1.807) is 14.1 Å². The van der Waals surface area contributed by atoms with E-state index in [1.807, 2.05) is 4.90 Å². The van der Waals surface area contributed by atoms with Gasteiger partial charge in [0.1, 0.15) is 6.04 Å². The van der Waals surface area contributed by atoms with E-state index < -0.39 is 5.97 Å². The van der Waals surface area contributed by atoms with Crippen LogP contribution in [0, 0.1) is 0 Å². The van der Waals surface area contributed by atoms with E-state index in [4.69, 9.17) is 5.11 Å². The first-order chi connectivity index (χ1) is 7.02. The molecule has 1 rings (SSSR count). The summed E-state index contributed by atoms with van der Waals surface area (Å²) in [4.78, 5) is 25.6. The van der Waals surface area contributed by atoms with Gasteiger partial charge in [0, 0.05) is 27.1 Å². The van der Waals surface area contributed by atoms with E-state index in [0.717, 1.165) is 13.0 Å². The van der Waals surface area contributed by atoms with Crippen LogP contribution in [-0.4, -0.2) is 60.0 Å². The number of amides is 1. The summed E-state index contributed by atoms with van der Waals surface area (Å²) < 4.78 is 0. The van der Waals surface area contributed by atoms with E-state index in [1.165, 1.54) is 4.90 Å². The molecule has 1 aliphatic rings. The molecule has 5 nitrogen and oxygen atoms in total. The van der Waals surface area contributed by atoms with Gasteiger partial charge >= 0.3 is 5.97 Å². The minimum atomic E-state index is -0.773. The van der Waals surface area contributed by atoms with E-state index >= 15 is 0 Å². The summed E-state index contributed by atoms with van der Waals surface area (Å²) in [6.07, 6.45) is 2.01. The fourth-order valence-corrected chi connectivity index (χ4v) is 1.84. The molecule has 15 heavy (non-hydrogen) atoms. The predicted octanol–water partition coefficient (Wildman–Crippen LogP) is 0.0137. The molecule has 1 N–H and O–H groups in total. The van der Waals surface area contributed by atoms with Gasteiger partial charge in [-0.2, -0.15) is 0 Å². The molecule has 1 atom stereocenters. The Balaban J connectivity index is 2.38. The highest BCUT2D eigenvalue weighted by molar-refractivity contribution is 5.76. The summed E-state index contributed by atoms with van der Waals surface area (Å²) in [5.41, 5.74) is 0. The molecule has 86 valence electrons. The van der Waals surface area contributed by atoms with Crippen molar-refractivity contribution in [3.05, 3.63) is 0 Å². The van der Waals surface area contributed by atoms with Gasteiger partial charge in [0.15, 0.2) is 0 Å². The minimum Gasteiger partial charge on any atom is -0.480 e. The summed E-state index contributed by atoms with van der Waals surface area (Å²) in [5, 5.41) is 8.92. The van der Waals surface area contributed by atoms with Gasteiger partial charge in [-0.1, -0.05) is 0 Å². The maximum Gasteiger partial charge on any atom is 0.320 e. The Morgan fingerprint density at radius 3 is 2.67 bits per heavy atom. The summed E-state index contributed by atoms with van der Waals surface area (Å²) >= 11 is 0. The predicted molar refractivity (Wildman–Crippen MR) is 55.5 cm³/mol. The fourth-order valence-electron chi connectivity index (χ4n) is 1.84. The second kappa shape index (κ2) is 5.11. The first-order valence-electron chi connectivity index (χ1n) is 5.19. The maximum atomic E-state index is 11.3. The molecule has 0 aliphatic carbocycles. The van der Waals surface area contributed by atoms with Crippen molar-refractivity contribution in [2.24, 2.45) is 0 Å². The lowest BCUT2D eigenvalue weighted by molar-refractivity contribution is -0.142. The molecule has 0 aromatic rings. The first kappa shape index (κ1) is 12.0. The minimum absolute atomic E-state index is 0.0473. The van der Waals surface area contributed by atoms with Gasteiger partial charge in [-0.15, -0.1) is 0 Å². The Kier molecular flexibility index (Phi) is 4.08. The maximum absolute atomic E-state index is 11.3. The second-order valence-corrected chi connectivity index (χ2v) is 4.07. The third kappa shape index (κ3) is 3.20. The van der Waals surface area contributed by atoms with Gasteiger partial charge < -0.3 is 10.0 Å². The van der Waals surface area contributed by atoms with Gasteiger partial charge in [0.25, 0.3) is 0 Å². The summed E-state index contributed by atoms with van der Waals surface area (Å²) in [6, 6.07) is -0.389. The Labute approximate surface area is 89.7 Å². The van der Waals surface area contributed by atoms with Crippen molar-refractivity contribution >= 4 is 11.9 Å². The molecule has 5 heteroatoms. The Morgan fingerprint density at radius 1 is 1.47 bits per heavy atom. The van der Waals surface area contributed by atoms with Crippen LogP contribution in [0.5, 0.6) is 0 Å². The number of carboxylic acid groups (broad SMARTS) is 1. The standard InChI is InChI=1S/C10H18N2O3/c1-11(2)9(13)5-7-12-6-3-4-8(12)10(14)15/h8H,3-7H2,1-2H3,(H,14,15). The third-order valence-corrected chi connectivity index (χ3v) is 2.76. The molecule has 1 unspecified atom stereocenters. The van der Waals surface area contributed by atoms with E-state index in [-0.39, 0.29) is 11.9 Å². The van der Waals surface area contributed by atoms with Crippen LogP contribution in [0.2, 0.25) is 0 Å². The number of likely N-dealkylation sites (tertiary alicyclic amines) is 1. The quantitative estimate of drug-likeness (QED) is 0.716. The SMILES string of the molecule is CN(C)C(=O)CCN1CCCC1C(=O)O. The highest BCUT2D eigenvalue weighted by Gasteiger charge is 2.30. The topological polar surface area (TPSA) is 60.9 Å². The molecule has 0 aromatic heterocycles. The van der Waals surface area contributed by atoms with Crippen LogP contribution < -0.4 is 0 Å². The van der Waals surface area contributed by atoms with Gasteiger partial charge in [-0.05, 0) is 19.4 Å². The van der Waals surface area contributed by atoms with Crippen LogP contribution in [0.15, 0.2) is 0 Å². The van der Waals surface area contributed by atoms with Crippen LogP contribution >= 0.6 is 0 Å². The molecule has 0 bridgehead atoms. The van der Waals surface area contributed by atoms with Crippen LogP contribution in [0.3, 0.4) is 0 Å². The highest BCUT2D eigenvalue weighted by Crippen LogP contribution is 2.17. The monoisotopic (exact) mass is 214 g/mol. The average Bonchev–Trinajstić information content (AvgIpc) is 2.61. The van der Waals surface area contributed by atoms with Crippen LogP contribution in [0.25, 0.3) is 0 Å². The number of hydrogen-bond donors (Lipinski definition) is 1. The van der Waals surface area contributed by atoms with Crippen molar-refractivity contribution in [2.75, 3.05) is 27.2 Å². The number of carbonyl (C=O) groups is 2. The summed E-state index contributed by atoms with van der Waals surface area (Å²) in [7, 11) is 3.42. The molecule has 1 saturated heterocycles. The van der Waals surface area contributed by atoms with Gasteiger partial charge in [-0.25, -0.2) is 0 Å². The number of carboxylic acids is 1. The van der Waals surface area contributed by atoms with Crippen molar-refractivity contribution < 1.29 is 14.7 Å². The molecule has 1 aliphatic heterocycles. The van der Waals surface area contributed by atoms with Crippen LogP contribution in [0.1, 0.15) is 19.3 Å². The summed E-state index contributed by atoms with van der Waals surface area (Å²) in [6.45, 7) is 1.34. The second-order valence-electron chi connectivity index (χ2n) is 4.07. The van der Waals surface area contributed by atoms with Gasteiger partial charge in [0.05, 0.1) is 0 Å². The largest absolute Gasteiger partial charge is 0.480 e. The number of aliphatic carboxylic acids is 1. The van der Waals surface area contributed by atoms with Crippen molar-refractivity contribution in [3.63, 3.8) is 0 Å². The number of carbonyl (C=O) groups excluding carboxylic acids is 1. The molecular weight excluding hydrogens is 196 g/mol. The zero-order valence-corrected chi connectivity index (χ0v) is 9.27. The molecule has 0 spiro atoms. The van der Waals surface area contributed by atoms with E-state index in [0.29, 0.717) is 19.4 Å². The number of rotatable bonds is 4. The molecule has 0 aromatic carbocycles. The van der Waals surface area contributed by atoms with Crippen molar-refractivity contribution in [1.29, 1.82) is 0 Å². The third-order valence-electron chi connectivity index (χ3n) is 2.76. The van der Waals surface area contributed by atoms with Crippen molar-refractivity contribution in [2.45, 2.75) is 25.3 Å². The molecule has 1 amide bonds. The Bertz CT molecular complexity index is 253. The van der Waals surface area contributed by atoms with Crippen LogP contribution in [-0.2, 0) is 9.59 Å². The molecule has 0 saturated carbocycles. The lowest BCUT2D eigenvalue weighted by Gasteiger charge is -2.21. The van der Waals surface area contributed by atoms with E-state index in [9.17, 15) is 9.59 Å². The normalized spacial score (nSPS) is 21.6. The molecular formula is C10H18N2O3. The zero-order chi connectivity index (χ0) is 11.4. The van der Waals surface area contributed by atoms with Crippen molar-refractivity contribution in [1.82, 2.24) is 9.80 Å². The average molecular weight is 214 g/mol. The van der Waals surface area contributed by atoms with Gasteiger partial charge in [0.2, 0.25) is 5.91 Å². The molecule has 1 heterocycles. The Hall–Kier alpha value is -1.10. The lowest BCUT2D eigenvalue weighted by Crippen LogP contribution is -2.38. The van der Waals surface area contributed by atoms with Gasteiger partial charge in [-0.3, -0.25) is 14.5 Å². The fraction of sp³-hybridized carbons (Fsp3) is 0.800. The highest BCUT2D eigenvalue weighted by atomic mass is 16.4. The lowest BCUT2D eigenvalue weighted by atomic mass is 10.2. The first-order valence-corrected chi connectivity index (χ1v) is 5.19. The molecule has 0 radical (unpaired) electrons. The zero-order valence-electron chi connectivity index (χ0n) is 9.27. The van der Waals surface area contributed by atoms with Crippen LogP contribution in [0.4, 0.5) is 0 Å². The smallest absolute Gasteiger partial charge is 0.320 e.